The standard InChI is InChI=1S/C13H26N2O2/c1-13(17-2)8-6-10-15(11-13)12(16)7-4-3-5-9-14/h3-11,14H2,1-2H3. The number of ether oxygens (including phenoxy) is 1. The Balaban J connectivity index is 2.31. The zero-order valence-electron chi connectivity index (χ0n) is 11.2. The molecule has 0 saturated carbocycles. The second kappa shape index (κ2) is 6.97. The lowest BCUT2D eigenvalue weighted by atomic mass is 9.94. The van der Waals surface area contributed by atoms with Gasteiger partial charge in [-0.25, -0.2) is 0 Å². The smallest absolute Gasteiger partial charge is 0.222 e. The molecule has 1 unspecified atom stereocenters. The Morgan fingerprint density at radius 3 is 2.82 bits per heavy atom. The van der Waals surface area contributed by atoms with Gasteiger partial charge in [-0.05, 0) is 39.2 Å². The number of piperidine rings is 1. The summed E-state index contributed by atoms with van der Waals surface area (Å²) in [6, 6.07) is 0. The van der Waals surface area contributed by atoms with Crippen molar-refractivity contribution < 1.29 is 9.53 Å². The van der Waals surface area contributed by atoms with Crippen LogP contribution in [-0.4, -0.2) is 43.2 Å². The molecule has 2 N–H and O–H groups in total. The molecule has 0 spiro atoms. The Bertz CT molecular complexity index is 246. The number of hydrogen-bond donors (Lipinski definition) is 1. The molecule has 0 aromatic heterocycles. The molecule has 1 heterocycles. The highest BCUT2D eigenvalue weighted by Crippen LogP contribution is 2.24. The SMILES string of the molecule is COC1(C)CCCN(C(=O)CCCCCN)C1. The summed E-state index contributed by atoms with van der Waals surface area (Å²) in [4.78, 5) is 14.0. The first-order valence-electron chi connectivity index (χ1n) is 6.64. The number of carbonyl (C=O) groups excluding carboxylic acids is 1. The van der Waals surface area contributed by atoms with Crippen LogP contribution >= 0.6 is 0 Å². The summed E-state index contributed by atoms with van der Waals surface area (Å²) in [6.45, 7) is 4.43. The van der Waals surface area contributed by atoms with E-state index in [0.29, 0.717) is 6.42 Å². The lowest BCUT2D eigenvalue weighted by molar-refractivity contribution is -0.139. The lowest BCUT2D eigenvalue weighted by Gasteiger charge is -2.39. The summed E-state index contributed by atoms with van der Waals surface area (Å²) in [7, 11) is 1.73. The third kappa shape index (κ3) is 4.64. The average Bonchev–Trinajstić information content (AvgIpc) is 2.34. The Labute approximate surface area is 104 Å². The predicted molar refractivity (Wildman–Crippen MR) is 68.8 cm³/mol. The van der Waals surface area contributed by atoms with Crippen molar-refractivity contribution in [3.05, 3.63) is 0 Å². The summed E-state index contributed by atoms with van der Waals surface area (Å²) in [5.41, 5.74) is 5.28. The van der Waals surface area contributed by atoms with Gasteiger partial charge in [0.25, 0.3) is 0 Å². The molecule has 4 heteroatoms. The fourth-order valence-corrected chi connectivity index (χ4v) is 2.34. The van der Waals surface area contributed by atoms with E-state index >= 15 is 0 Å². The normalized spacial score (nSPS) is 25.0. The lowest BCUT2D eigenvalue weighted by Crippen LogP contribution is -2.49. The molecule has 0 radical (unpaired) electrons. The first kappa shape index (κ1) is 14.5. The first-order chi connectivity index (χ1) is 8.11. The Morgan fingerprint density at radius 1 is 1.41 bits per heavy atom. The third-order valence-electron chi connectivity index (χ3n) is 3.60. The van der Waals surface area contributed by atoms with Crippen LogP contribution < -0.4 is 5.73 Å². The molecule has 0 aliphatic carbocycles. The number of carbonyl (C=O) groups is 1. The second-order valence-corrected chi connectivity index (χ2v) is 5.17. The number of amides is 1. The largest absolute Gasteiger partial charge is 0.377 e. The van der Waals surface area contributed by atoms with Crippen molar-refractivity contribution in [3.63, 3.8) is 0 Å². The molecule has 1 fully saturated rings. The van der Waals surface area contributed by atoms with E-state index in [2.05, 4.69) is 6.92 Å². The van der Waals surface area contributed by atoms with Gasteiger partial charge in [-0.15, -0.1) is 0 Å². The van der Waals surface area contributed by atoms with Crippen molar-refractivity contribution >= 4 is 5.91 Å². The van der Waals surface area contributed by atoms with Gasteiger partial charge in [0.1, 0.15) is 0 Å². The summed E-state index contributed by atoms with van der Waals surface area (Å²) >= 11 is 0. The number of methoxy groups -OCH3 is 1. The second-order valence-electron chi connectivity index (χ2n) is 5.17. The zero-order chi connectivity index (χ0) is 12.7. The van der Waals surface area contributed by atoms with Crippen LogP contribution in [0.3, 0.4) is 0 Å². The van der Waals surface area contributed by atoms with Crippen molar-refractivity contribution in [1.29, 1.82) is 0 Å². The molecule has 0 aromatic rings. The van der Waals surface area contributed by atoms with E-state index in [1.54, 1.807) is 7.11 Å². The van der Waals surface area contributed by atoms with Crippen LogP contribution in [0.4, 0.5) is 0 Å². The third-order valence-corrected chi connectivity index (χ3v) is 3.60. The number of nitrogens with zero attached hydrogens (tertiary/aromatic N) is 1. The van der Waals surface area contributed by atoms with Gasteiger partial charge in [0, 0.05) is 26.6 Å². The van der Waals surface area contributed by atoms with Crippen LogP contribution in [0, 0.1) is 0 Å². The van der Waals surface area contributed by atoms with E-state index in [-0.39, 0.29) is 11.5 Å². The highest BCUT2D eigenvalue weighted by molar-refractivity contribution is 5.76. The molecule has 4 nitrogen and oxygen atoms in total. The van der Waals surface area contributed by atoms with E-state index in [1.807, 2.05) is 4.90 Å². The molecule has 1 amide bonds. The zero-order valence-corrected chi connectivity index (χ0v) is 11.2. The number of rotatable bonds is 6. The number of hydrogen-bond acceptors (Lipinski definition) is 3. The van der Waals surface area contributed by atoms with Gasteiger partial charge in [-0.2, -0.15) is 0 Å². The average molecular weight is 242 g/mol. The molecule has 1 atom stereocenters. The first-order valence-corrected chi connectivity index (χ1v) is 6.64. The van der Waals surface area contributed by atoms with Crippen molar-refractivity contribution in [2.24, 2.45) is 5.73 Å². The van der Waals surface area contributed by atoms with Crippen molar-refractivity contribution in [3.8, 4) is 0 Å². The molecular weight excluding hydrogens is 216 g/mol. The minimum Gasteiger partial charge on any atom is -0.377 e. The van der Waals surface area contributed by atoms with E-state index in [9.17, 15) is 4.79 Å². The van der Waals surface area contributed by atoms with Gasteiger partial charge in [-0.1, -0.05) is 6.42 Å². The molecule has 1 aliphatic rings. The van der Waals surface area contributed by atoms with Crippen molar-refractivity contribution in [1.82, 2.24) is 4.90 Å². The van der Waals surface area contributed by atoms with Crippen molar-refractivity contribution in [2.75, 3.05) is 26.7 Å². The minimum atomic E-state index is -0.148. The van der Waals surface area contributed by atoms with Gasteiger partial charge in [0.2, 0.25) is 5.91 Å². The fourth-order valence-electron chi connectivity index (χ4n) is 2.34. The van der Waals surface area contributed by atoms with E-state index in [0.717, 1.165) is 51.7 Å². The van der Waals surface area contributed by atoms with Crippen LogP contribution in [-0.2, 0) is 9.53 Å². The van der Waals surface area contributed by atoms with Gasteiger partial charge in [0.15, 0.2) is 0 Å². The molecule has 17 heavy (non-hydrogen) atoms. The Morgan fingerprint density at radius 2 is 2.18 bits per heavy atom. The topological polar surface area (TPSA) is 55.6 Å². The highest BCUT2D eigenvalue weighted by atomic mass is 16.5. The number of nitrogens with two attached hydrogens (primary N) is 1. The number of likely N-dealkylation sites (tertiary alicyclic amines) is 1. The van der Waals surface area contributed by atoms with Crippen LogP contribution in [0.5, 0.6) is 0 Å². The van der Waals surface area contributed by atoms with Crippen LogP contribution in [0.25, 0.3) is 0 Å². The summed E-state index contributed by atoms with van der Waals surface area (Å²) in [5.74, 6) is 0.269. The molecular formula is C13H26N2O2. The van der Waals surface area contributed by atoms with E-state index < -0.39 is 0 Å². The van der Waals surface area contributed by atoms with Gasteiger partial charge < -0.3 is 15.4 Å². The molecule has 0 bridgehead atoms. The molecule has 1 aliphatic heterocycles. The molecule has 0 aromatic carbocycles. The maximum atomic E-state index is 12.0. The van der Waals surface area contributed by atoms with Crippen LogP contribution in [0.2, 0.25) is 0 Å². The van der Waals surface area contributed by atoms with Crippen molar-refractivity contribution in [2.45, 2.75) is 51.0 Å². The highest BCUT2D eigenvalue weighted by Gasteiger charge is 2.32. The monoisotopic (exact) mass is 242 g/mol. The van der Waals surface area contributed by atoms with E-state index in [4.69, 9.17) is 10.5 Å². The summed E-state index contributed by atoms with van der Waals surface area (Å²) < 4.78 is 5.49. The van der Waals surface area contributed by atoms with Gasteiger partial charge in [-0.3, -0.25) is 4.79 Å². The van der Waals surface area contributed by atoms with Gasteiger partial charge in [0.05, 0.1) is 5.60 Å². The fraction of sp³-hybridized carbons (Fsp3) is 0.923. The maximum Gasteiger partial charge on any atom is 0.222 e. The quantitative estimate of drug-likeness (QED) is 0.719. The Hall–Kier alpha value is -0.610. The van der Waals surface area contributed by atoms with Gasteiger partial charge >= 0.3 is 0 Å². The maximum absolute atomic E-state index is 12.0. The molecule has 100 valence electrons. The summed E-state index contributed by atoms with van der Waals surface area (Å²) in [6.07, 6.45) is 5.76. The summed E-state index contributed by atoms with van der Waals surface area (Å²) in [5, 5.41) is 0. The molecule has 1 saturated heterocycles. The molecule has 1 rings (SSSR count). The number of unbranched alkanes of at least 4 members (excludes halogenated alkanes) is 2. The minimum absolute atomic E-state index is 0.148. The van der Waals surface area contributed by atoms with Crippen LogP contribution in [0.15, 0.2) is 0 Å². The predicted octanol–water partition coefficient (Wildman–Crippen LogP) is 1.53. The Kier molecular flexibility index (Phi) is 5.92. The van der Waals surface area contributed by atoms with E-state index in [1.165, 1.54) is 0 Å². The van der Waals surface area contributed by atoms with Crippen LogP contribution in [0.1, 0.15) is 45.4 Å².